The zero-order valence-electron chi connectivity index (χ0n) is 13.3. The molecule has 0 fully saturated rings. The number of hydrogen-bond donors (Lipinski definition) is 0. The van der Waals surface area contributed by atoms with Crippen LogP contribution in [-0.2, 0) is 0 Å². The van der Waals surface area contributed by atoms with Crippen molar-refractivity contribution in [2.24, 2.45) is 0 Å². The van der Waals surface area contributed by atoms with Crippen LogP contribution >= 0.6 is 11.3 Å². The number of thiophene rings is 1. The van der Waals surface area contributed by atoms with Crippen molar-refractivity contribution in [1.82, 2.24) is 0 Å². The average molecular weight is 296 g/mol. The Morgan fingerprint density at radius 1 is 1.14 bits per heavy atom. The Morgan fingerprint density at radius 2 is 1.90 bits per heavy atom. The fraction of sp³-hybridized carbons (Fsp3) is 0.300. The van der Waals surface area contributed by atoms with Crippen LogP contribution in [0, 0.1) is 0 Å². The lowest BCUT2D eigenvalue weighted by Gasteiger charge is -2.12. The molecule has 0 saturated heterocycles. The number of hydrogen-bond acceptors (Lipinski definition) is 1. The van der Waals surface area contributed by atoms with Gasteiger partial charge in [-0.2, -0.15) is 0 Å². The lowest BCUT2D eigenvalue weighted by atomic mass is 9.95. The van der Waals surface area contributed by atoms with Gasteiger partial charge in [0.05, 0.1) is 0 Å². The van der Waals surface area contributed by atoms with Gasteiger partial charge in [-0.3, -0.25) is 0 Å². The Morgan fingerprint density at radius 3 is 2.52 bits per heavy atom. The first kappa shape index (κ1) is 15.8. The Balaban J connectivity index is 2.28. The Hall–Kier alpha value is -1.60. The number of allylic oxidation sites excluding steroid dienone is 2. The SMILES string of the molecule is C=C(C)CC(CC)c1cc(-c2cccc(C(=C)C)c2)cs1. The van der Waals surface area contributed by atoms with E-state index in [-0.39, 0.29) is 0 Å². The quantitative estimate of drug-likeness (QED) is 0.508. The van der Waals surface area contributed by atoms with Crippen molar-refractivity contribution in [3.8, 4) is 11.1 Å². The Kier molecular flexibility index (Phi) is 5.19. The molecular weight excluding hydrogens is 272 g/mol. The summed E-state index contributed by atoms with van der Waals surface area (Å²) in [6.07, 6.45) is 2.25. The molecule has 0 aliphatic rings. The molecule has 1 atom stereocenters. The Bertz CT molecular complexity index is 645. The highest BCUT2D eigenvalue weighted by molar-refractivity contribution is 7.10. The molecule has 1 unspecified atom stereocenters. The third-order valence-corrected chi connectivity index (χ3v) is 4.89. The topological polar surface area (TPSA) is 0 Å². The molecule has 0 aliphatic carbocycles. The van der Waals surface area contributed by atoms with Crippen LogP contribution in [0.1, 0.15) is 50.0 Å². The van der Waals surface area contributed by atoms with Crippen molar-refractivity contribution in [3.63, 3.8) is 0 Å². The van der Waals surface area contributed by atoms with Crippen molar-refractivity contribution in [3.05, 3.63) is 64.9 Å². The number of benzene rings is 1. The van der Waals surface area contributed by atoms with Gasteiger partial charge in [-0.1, -0.05) is 42.8 Å². The van der Waals surface area contributed by atoms with Gasteiger partial charge >= 0.3 is 0 Å². The van der Waals surface area contributed by atoms with Crippen LogP contribution < -0.4 is 0 Å². The lowest BCUT2D eigenvalue weighted by Crippen LogP contribution is -1.94. The molecule has 0 radical (unpaired) electrons. The molecule has 0 saturated carbocycles. The molecule has 0 N–H and O–H groups in total. The van der Waals surface area contributed by atoms with Gasteiger partial charge in [0.1, 0.15) is 0 Å². The van der Waals surface area contributed by atoms with E-state index in [1.807, 2.05) is 11.3 Å². The van der Waals surface area contributed by atoms with E-state index < -0.39 is 0 Å². The normalized spacial score (nSPS) is 12.1. The molecule has 2 aromatic rings. The summed E-state index contributed by atoms with van der Waals surface area (Å²) in [5.74, 6) is 0.602. The molecule has 21 heavy (non-hydrogen) atoms. The minimum Gasteiger partial charge on any atom is -0.148 e. The summed E-state index contributed by atoms with van der Waals surface area (Å²) in [5.41, 5.74) is 6.19. The molecule has 0 amide bonds. The summed E-state index contributed by atoms with van der Waals surface area (Å²) in [4.78, 5) is 1.47. The third-order valence-electron chi connectivity index (χ3n) is 3.80. The first-order chi connectivity index (χ1) is 10.0. The van der Waals surface area contributed by atoms with E-state index in [1.54, 1.807) is 0 Å². The predicted octanol–water partition coefficient (Wildman–Crippen LogP) is 6.91. The van der Waals surface area contributed by atoms with Gasteiger partial charge in [0.2, 0.25) is 0 Å². The molecule has 1 heteroatoms. The van der Waals surface area contributed by atoms with Crippen molar-refractivity contribution in [2.75, 3.05) is 0 Å². The molecule has 1 heterocycles. The fourth-order valence-electron chi connectivity index (χ4n) is 2.55. The van der Waals surface area contributed by atoms with Gasteiger partial charge in [-0.05, 0) is 66.8 Å². The highest BCUT2D eigenvalue weighted by atomic mass is 32.1. The van der Waals surface area contributed by atoms with Crippen LogP contribution in [0.4, 0.5) is 0 Å². The molecule has 2 rings (SSSR count). The maximum absolute atomic E-state index is 4.06. The summed E-state index contributed by atoms with van der Waals surface area (Å²) in [6.45, 7) is 14.5. The fourth-order valence-corrected chi connectivity index (χ4v) is 3.65. The van der Waals surface area contributed by atoms with Crippen LogP contribution in [0.2, 0.25) is 0 Å². The lowest BCUT2D eigenvalue weighted by molar-refractivity contribution is 0.669. The van der Waals surface area contributed by atoms with Gasteiger partial charge in [-0.15, -0.1) is 17.9 Å². The molecule has 1 aromatic carbocycles. The molecule has 1 aromatic heterocycles. The molecule has 0 spiro atoms. The zero-order valence-corrected chi connectivity index (χ0v) is 14.1. The highest BCUT2D eigenvalue weighted by Crippen LogP contribution is 2.35. The molecular formula is C20H24S. The van der Waals surface area contributed by atoms with Crippen molar-refractivity contribution >= 4 is 16.9 Å². The molecule has 0 aliphatic heterocycles. The van der Waals surface area contributed by atoms with Crippen molar-refractivity contribution in [2.45, 2.75) is 39.5 Å². The van der Waals surface area contributed by atoms with Crippen LogP contribution in [0.3, 0.4) is 0 Å². The van der Waals surface area contributed by atoms with E-state index in [0.717, 1.165) is 12.0 Å². The van der Waals surface area contributed by atoms with Gasteiger partial charge in [-0.25, -0.2) is 0 Å². The minimum absolute atomic E-state index is 0.602. The van der Waals surface area contributed by atoms with Gasteiger partial charge in [0.15, 0.2) is 0 Å². The monoisotopic (exact) mass is 296 g/mol. The van der Waals surface area contributed by atoms with Gasteiger partial charge in [0, 0.05) is 4.88 Å². The van der Waals surface area contributed by atoms with Crippen LogP contribution in [0.25, 0.3) is 16.7 Å². The predicted molar refractivity (Wildman–Crippen MR) is 96.9 cm³/mol. The summed E-state index contributed by atoms with van der Waals surface area (Å²) < 4.78 is 0. The first-order valence-corrected chi connectivity index (χ1v) is 8.38. The van der Waals surface area contributed by atoms with E-state index in [2.05, 4.69) is 69.6 Å². The van der Waals surface area contributed by atoms with Gasteiger partial charge < -0.3 is 0 Å². The minimum atomic E-state index is 0.602. The van der Waals surface area contributed by atoms with E-state index in [4.69, 9.17) is 0 Å². The summed E-state index contributed by atoms with van der Waals surface area (Å²) in [5, 5.41) is 2.27. The standard InChI is InChI=1S/C20H24S/c1-6-16(10-14(2)3)20-12-19(13-21-20)18-9-7-8-17(11-18)15(4)5/h7-9,11-13,16H,2,4,6,10H2,1,3,5H3. The Labute approximate surface area is 132 Å². The summed E-state index contributed by atoms with van der Waals surface area (Å²) in [7, 11) is 0. The summed E-state index contributed by atoms with van der Waals surface area (Å²) >= 11 is 1.87. The van der Waals surface area contributed by atoms with Crippen molar-refractivity contribution in [1.29, 1.82) is 0 Å². The van der Waals surface area contributed by atoms with Crippen LogP contribution in [0.5, 0.6) is 0 Å². The maximum Gasteiger partial charge on any atom is 0.00856 e. The molecule has 0 bridgehead atoms. The molecule has 0 nitrogen and oxygen atoms in total. The molecule has 110 valence electrons. The third kappa shape index (κ3) is 3.95. The zero-order chi connectivity index (χ0) is 15.4. The average Bonchev–Trinajstić information content (AvgIpc) is 2.94. The summed E-state index contributed by atoms with van der Waals surface area (Å²) in [6, 6.07) is 11.0. The van der Waals surface area contributed by atoms with Crippen molar-refractivity contribution < 1.29 is 0 Å². The van der Waals surface area contributed by atoms with E-state index in [0.29, 0.717) is 5.92 Å². The smallest absolute Gasteiger partial charge is 0.00856 e. The van der Waals surface area contributed by atoms with E-state index >= 15 is 0 Å². The number of rotatable bonds is 6. The second-order valence-electron chi connectivity index (χ2n) is 5.87. The van der Waals surface area contributed by atoms with Crippen LogP contribution in [0.15, 0.2) is 54.4 Å². The van der Waals surface area contributed by atoms with Gasteiger partial charge in [0.25, 0.3) is 0 Å². The van der Waals surface area contributed by atoms with E-state index in [9.17, 15) is 0 Å². The first-order valence-electron chi connectivity index (χ1n) is 7.50. The van der Waals surface area contributed by atoms with Crippen LogP contribution in [-0.4, -0.2) is 0 Å². The maximum atomic E-state index is 4.06. The highest BCUT2D eigenvalue weighted by Gasteiger charge is 2.13. The van der Waals surface area contributed by atoms with E-state index in [1.165, 1.54) is 33.6 Å². The second-order valence-corrected chi connectivity index (χ2v) is 6.81. The second kappa shape index (κ2) is 6.91. The largest absolute Gasteiger partial charge is 0.148 e.